The van der Waals surface area contributed by atoms with Crippen molar-refractivity contribution < 1.29 is 13.9 Å². The highest BCUT2D eigenvalue weighted by molar-refractivity contribution is 5.75. The highest BCUT2D eigenvalue weighted by Gasteiger charge is 2.08. The average Bonchev–Trinajstić information content (AvgIpc) is 3.16. The molecule has 2 aromatic heterocycles. The number of hydrogen-bond acceptors (Lipinski definition) is 5. The lowest BCUT2D eigenvalue weighted by Gasteiger charge is -2.06. The molecule has 0 unspecified atom stereocenters. The SMILES string of the molecule is CC(=O)CCCCCOc1ccc(-c2cnc(-c3ccncc3)o2)cc1. The van der Waals surface area contributed by atoms with Crippen LogP contribution in [-0.2, 0) is 4.79 Å². The molecule has 0 aliphatic heterocycles. The summed E-state index contributed by atoms with van der Waals surface area (Å²) in [5, 5.41) is 0. The minimum absolute atomic E-state index is 0.251. The zero-order chi connectivity index (χ0) is 18.2. The number of ketones is 1. The Kier molecular flexibility index (Phi) is 6.14. The van der Waals surface area contributed by atoms with Crippen LogP contribution < -0.4 is 4.74 Å². The van der Waals surface area contributed by atoms with Gasteiger partial charge in [0.25, 0.3) is 0 Å². The summed E-state index contributed by atoms with van der Waals surface area (Å²) in [6.45, 7) is 2.29. The topological polar surface area (TPSA) is 65.2 Å². The number of rotatable bonds is 9. The zero-order valence-corrected chi connectivity index (χ0v) is 14.9. The molecular weight excluding hydrogens is 328 g/mol. The summed E-state index contributed by atoms with van der Waals surface area (Å²) in [5.74, 6) is 2.37. The van der Waals surface area contributed by atoms with Crippen molar-refractivity contribution in [1.82, 2.24) is 9.97 Å². The highest BCUT2D eigenvalue weighted by Crippen LogP contribution is 2.27. The van der Waals surface area contributed by atoms with Gasteiger partial charge in [0, 0.05) is 29.9 Å². The van der Waals surface area contributed by atoms with Crippen molar-refractivity contribution in [3.8, 4) is 28.5 Å². The minimum Gasteiger partial charge on any atom is -0.494 e. The fourth-order valence-corrected chi connectivity index (χ4v) is 2.59. The third-order valence-corrected chi connectivity index (χ3v) is 4.01. The van der Waals surface area contributed by atoms with Gasteiger partial charge in [-0.05, 0) is 62.6 Å². The maximum Gasteiger partial charge on any atom is 0.226 e. The molecule has 0 amide bonds. The first kappa shape index (κ1) is 17.9. The molecule has 134 valence electrons. The molecular formula is C21H22N2O3. The van der Waals surface area contributed by atoms with Gasteiger partial charge in [0.05, 0.1) is 12.8 Å². The van der Waals surface area contributed by atoms with Crippen molar-refractivity contribution in [2.75, 3.05) is 6.61 Å². The molecule has 0 saturated heterocycles. The smallest absolute Gasteiger partial charge is 0.226 e. The molecule has 3 aromatic rings. The average molecular weight is 350 g/mol. The van der Waals surface area contributed by atoms with Crippen LogP contribution in [0.5, 0.6) is 5.75 Å². The van der Waals surface area contributed by atoms with E-state index in [1.165, 1.54) is 0 Å². The van der Waals surface area contributed by atoms with E-state index in [2.05, 4.69) is 9.97 Å². The van der Waals surface area contributed by atoms with Crippen LogP contribution in [0.2, 0.25) is 0 Å². The van der Waals surface area contributed by atoms with E-state index in [-0.39, 0.29) is 5.78 Å². The molecule has 26 heavy (non-hydrogen) atoms. The molecule has 0 N–H and O–H groups in total. The van der Waals surface area contributed by atoms with E-state index in [1.54, 1.807) is 25.5 Å². The van der Waals surface area contributed by atoms with Crippen LogP contribution in [0.1, 0.15) is 32.6 Å². The summed E-state index contributed by atoms with van der Waals surface area (Å²) >= 11 is 0. The number of benzene rings is 1. The molecule has 0 aliphatic carbocycles. The molecule has 1 aromatic carbocycles. The van der Waals surface area contributed by atoms with Gasteiger partial charge in [-0.25, -0.2) is 4.98 Å². The van der Waals surface area contributed by atoms with Gasteiger partial charge in [0.15, 0.2) is 5.76 Å². The zero-order valence-electron chi connectivity index (χ0n) is 14.9. The Morgan fingerprint density at radius 2 is 1.77 bits per heavy atom. The molecule has 0 atom stereocenters. The number of unbranched alkanes of at least 4 members (excludes halogenated alkanes) is 2. The molecule has 0 saturated carbocycles. The minimum atomic E-state index is 0.251. The number of carbonyl (C=O) groups excluding carboxylic acids is 1. The van der Waals surface area contributed by atoms with Crippen molar-refractivity contribution >= 4 is 5.78 Å². The molecule has 0 spiro atoms. The largest absolute Gasteiger partial charge is 0.494 e. The third-order valence-electron chi connectivity index (χ3n) is 4.01. The Morgan fingerprint density at radius 1 is 1.00 bits per heavy atom. The van der Waals surface area contributed by atoms with Gasteiger partial charge in [-0.15, -0.1) is 0 Å². The first-order valence-corrected chi connectivity index (χ1v) is 8.81. The Hall–Kier alpha value is -2.95. The van der Waals surface area contributed by atoms with Gasteiger partial charge in [0.1, 0.15) is 11.5 Å². The molecule has 0 fully saturated rings. The predicted octanol–water partition coefficient (Wildman–Crippen LogP) is 4.93. The maximum atomic E-state index is 10.9. The normalized spacial score (nSPS) is 10.7. The number of ether oxygens (including phenoxy) is 1. The number of Topliss-reactive ketones (excluding diaryl/α,β-unsaturated/α-hetero) is 1. The summed E-state index contributed by atoms with van der Waals surface area (Å²) in [4.78, 5) is 19.2. The number of aromatic nitrogens is 2. The lowest BCUT2D eigenvalue weighted by molar-refractivity contribution is -0.117. The lowest BCUT2D eigenvalue weighted by Crippen LogP contribution is -1.98. The van der Waals surface area contributed by atoms with Crippen molar-refractivity contribution in [3.63, 3.8) is 0 Å². The van der Waals surface area contributed by atoms with Crippen molar-refractivity contribution in [1.29, 1.82) is 0 Å². The second-order valence-electron chi connectivity index (χ2n) is 6.15. The quantitative estimate of drug-likeness (QED) is 0.512. The van der Waals surface area contributed by atoms with Crippen LogP contribution in [0.3, 0.4) is 0 Å². The van der Waals surface area contributed by atoms with Crippen molar-refractivity contribution in [2.24, 2.45) is 0 Å². The van der Waals surface area contributed by atoms with E-state index < -0.39 is 0 Å². The predicted molar refractivity (Wildman–Crippen MR) is 99.8 cm³/mol. The van der Waals surface area contributed by atoms with Crippen molar-refractivity contribution in [3.05, 3.63) is 55.0 Å². The summed E-state index contributed by atoms with van der Waals surface area (Å²) in [6, 6.07) is 11.5. The van der Waals surface area contributed by atoms with Crippen LogP contribution in [0.25, 0.3) is 22.8 Å². The van der Waals surface area contributed by atoms with Crippen LogP contribution in [-0.4, -0.2) is 22.4 Å². The van der Waals surface area contributed by atoms with Crippen LogP contribution in [0, 0.1) is 0 Å². The van der Waals surface area contributed by atoms with E-state index in [0.29, 0.717) is 24.7 Å². The van der Waals surface area contributed by atoms with Crippen LogP contribution in [0.4, 0.5) is 0 Å². The Balaban J connectivity index is 1.52. The highest BCUT2D eigenvalue weighted by atomic mass is 16.5. The number of nitrogens with zero attached hydrogens (tertiary/aromatic N) is 2. The number of hydrogen-bond donors (Lipinski definition) is 0. The number of pyridine rings is 1. The first-order valence-electron chi connectivity index (χ1n) is 8.81. The lowest BCUT2D eigenvalue weighted by atomic mass is 10.1. The summed E-state index contributed by atoms with van der Waals surface area (Å²) in [5.41, 5.74) is 1.85. The standard InChI is InChI=1S/C21H22N2O3/c1-16(24)5-3-2-4-14-25-19-8-6-17(7-9-19)20-15-23-21(26-20)18-10-12-22-13-11-18/h6-13,15H,2-5,14H2,1H3. The van der Waals surface area contributed by atoms with Crippen molar-refractivity contribution in [2.45, 2.75) is 32.6 Å². The van der Waals surface area contributed by atoms with E-state index in [9.17, 15) is 4.79 Å². The van der Waals surface area contributed by atoms with Gasteiger partial charge in [-0.1, -0.05) is 0 Å². The molecule has 5 nitrogen and oxygen atoms in total. The number of carbonyl (C=O) groups is 1. The van der Waals surface area contributed by atoms with Gasteiger partial charge in [-0.3, -0.25) is 4.98 Å². The van der Waals surface area contributed by atoms with E-state index in [0.717, 1.165) is 36.1 Å². The van der Waals surface area contributed by atoms with Gasteiger partial charge < -0.3 is 13.9 Å². The fourth-order valence-electron chi connectivity index (χ4n) is 2.59. The van der Waals surface area contributed by atoms with Crippen LogP contribution in [0.15, 0.2) is 59.4 Å². The molecule has 0 radical (unpaired) electrons. The second-order valence-corrected chi connectivity index (χ2v) is 6.15. The molecule has 2 heterocycles. The van der Waals surface area contributed by atoms with Crippen LogP contribution >= 0.6 is 0 Å². The third kappa shape index (κ3) is 5.02. The Labute approximate surface area is 153 Å². The number of oxazole rings is 1. The first-order chi connectivity index (χ1) is 12.7. The van der Waals surface area contributed by atoms with E-state index in [1.807, 2.05) is 36.4 Å². The van der Waals surface area contributed by atoms with Gasteiger partial charge in [-0.2, -0.15) is 0 Å². The molecule has 0 bridgehead atoms. The summed E-state index contributed by atoms with van der Waals surface area (Å²) < 4.78 is 11.6. The Morgan fingerprint density at radius 3 is 2.50 bits per heavy atom. The molecule has 3 rings (SSSR count). The summed E-state index contributed by atoms with van der Waals surface area (Å²) in [7, 11) is 0. The van der Waals surface area contributed by atoms with E-state index in [4.69, 9.17) is 9.15 Å². The van der Waals surface area contributed by atoms with Gasteiger partial charge >= 0.3 is 0 Å². The molecule has 0 aliphatic rings. The van der Waals surface area contributed by atoms with E-state index >= 15 is 0 Å². The monoisotopic (exact) mass is 350 g/mol. The fraction of sp³-hybridized carbons (Fsp3) is 0.286. The molecule has 5 heteroatoms. The Bertz CT molecular complexity index is 826. The maximum absolute atomic E-state index is 10.9. The van der Waals surface area contributed by atoms with Gasteiger partial charge in [0.2, 0.25) is 5.89 Å². The summed E-state index contributed by atoms with van der Waals surface area (Å²) in [6.07, 6.45) is 8.70. The second kappa shape index (κ2) is 8.94.